The minimum Gasteiger partial charge on any atom is -0.316 e. The lowest BCUT2D eigenvalue weighted by Crippen LogP contribution is -2.39. The molecule has 5 heteroatoms. The van der Waals surface area contributed by atoms with Crippen molar-refractivity contribution in [3.05, 3.63) is 39.4 Å². The van der Waals surface area contributed by atoms with Crippen LogP contribution in [0.1, 0.15) is 31.9 Å². The smallest absolute Gasteiger partial charge is 0.287 e. The van der Waals surface area contributed by atoms with Gasteiger partial charge in [-0.05, 0) is 30.5 Å². The number of nitrogens with zero attached hydrogens (tertiary/aromatic N) is 2. The average molecular weight is 261 g/mol. The van der Waals surface area contributed by atoms with E-state index in [2.05, 4.69) is 26.1 Å². The first-order valence-electron chi connectivity index (χ1n) is 6.14. The molecular weight excluding hydrogens is 242 g/mol. The molecule has 0 bridgehead atoms. The number of nitro benzene ring substituents is 1. The fraction of sp³-hybridized carbons (Fsp3) is 0.500. The van der Waals surface area contributed by atoms with E-state index < -0.39 is 4.92 Å². The summed E-state index contributed by atoms with van der Waals surface area (Å²) in [5, 5.41) is 23.0. The van der Waals surface area contributed by atoms with Gasteiger partial charge in [0.2, 0.25) is 0 Å². The molecule has 0 aliphatic heterocycles. The van der Waals surface area contributed by atoms with Crippen molar-refractivity contribution in [1.29, 1.82) is 5.26 Å². The Hall–Kier alpha value is -1.93. The van der Waals surface area contributed by atoms with Crippen LogP contribution in [0.5, 0.6) is 0 Å². The molecule has 0 saturated carbocycles. The van der Waals surface area contributed by atoms with Gasteiger partial charge in [-0.3, -0.25) is 10.1 Å². The Kier molecular flexibility index (Phi) is 4.62. The molecule has 0 heterocycles. The summed E-state index contributed by atoms with van der Waals surface area (Å²) in [6, 6.07) is 6.85. The Morgan fingerprint density at radius 3 is 2.53 bits per heavy atom. The fourth-order valence-electron chi connectivity index (χ4n) is 2.04. The molecule has 0 radical (unpaired) electrons. The Bertz CT molecular complexity index is 512. The lowest BCUT2D eigenvalue weighted by molar-refractivity contribution is -0.385. The highest BCUT2D eigenvalue weighted by atomic mass is 16.6. The number of likely N-dealkylation sites (N-methyl/N-ethyl adjacent to an activating group) is 1. The van der Waals surface area contributed by atoms with E-state index in [-0.39, 0.29) is 22.7 Å². The van der Waals surface area contributed by atoms with Crippen LogP contribution in [-0.4, -0.2) is 18.0 Å². The maximum absolute atomic E-state index is 10.8. The summed E-state index contributed by atoms with van der Waals surface area (Å²) in [5.74, 6) is 0. The van der Waals surface area contributed by atoms with Crippen LogP contribution < -0.4 is 5.32 Å². The summed E-state index contributed by atoms with van der Waals surface area (Å²) >= 11 is 0. The highest BCUT2D eigenvalue weighted by Gasteiger charge is 2.24. The van der Waals surface area contributed by atoms with Crippen LogP contribution in [0.2, 0.25) is 0 Å². The third-order valence-corrected chi connectivity index (χ3v) is 3.21. The lowest BCUT2D eigenvalue weighted by Gasteiger charge is -2.30. The third-order valence-electron chi connectivity index (χ3n) is 3.21. The second kappa shape index (κ2) is 5.81. The number of nitro groups is 1. The number of nitriles is 1. The summed E-state index contributed by atoms with van der Waals surface area (Å²) < 4.78 is 0. The molecular formula is C14H19N3O2. The predicted molar refractivity (Wildman–Crippen MR) is 73.8 cm³/mol. The van der Waals surface area contributed by atoms with E-state index in [9.17, 15) is 10.1 Å². The predicted octanol–water partition coefficient (Wildman–Crippen LogP) is 2.64. The number of nitrogens with one attached hydrogen (secondary N) is 1. The second-order valence-electron chi connectivity index (χ2n) is 5.63. The molecule has 0 amide bonds. The van der Waals surface area contributed by atoms with E-state index >= 15 is 0 Å². The van der Waals surface area contributed by atoms with Gasteiger partial charge in [0.1, 0.15) is 11.6 Å². The molecule has 0 aliphatic rings. The van der Waals surface area contributed by atoms with Gasteiger partial charge in [-0.15, -0.1) is 0 Å². The van der Waals surface area contributed by atoms with E-state index in [1.165, 1.54) is 6.07 Å². The van der Waals surface area contributed by atoms with Gasteiger partial charge in [0, 0.05) is 12.1 Å². The number of hydrogen-bond donors (Lipinski definition) is 1. The van der Waals surface area contributed by atoms with E-state index in [1.54, 1.807) is 12.1 Å². The van der Waals surface area contributed by atoms with Crippen LogP contribution in [-0.2, 0) is 6.42 Å². The molecule has 1 aromatic rings. The molecule has 0 fully saturated rings. The van der Waals surface area contributed by atoms with Crippen LogP contribution in [0.15, 0.2) is 18.2 Å². The van der Waals surface area contributed by atoms with Gasteiger partial charge < -0.3 is 5.32 Å². The number of rotatable bonds is 4. The van der Waals surface area contributed by atoms with Crippen LogP contribution in [0, 0.1) is 26.9 Å². The van der Waals surface area contributed by atoms with Crippen molar-refractivity contribution in [2.24, 2.45) is 5.41 Å². The topological polar surface area (TPSA) is 79.0 Å². The zero-order chi connectivity index (χ0) is 14.6. The van der Waals surface area contributed by atoms with Crippen LogP contribution in [0.3, 0.4) is 0 Å². The molecule has 19 heavy (non-hydrogen) atoms. The molecule has 1 N–H and O–H groups in total. The van der Waals surface area contributed by atoms with Gasteiger partial charge in [0.25, 0.3) is 5.69 Å². The summed E-state index contributed by atoms with van der Waals surface area (Å²) in [6.45, 7) is 6.39. The molecule has 1 unspecified atom stereocenters. The average Bonchev–Trinajstić information content (AvgIpc) is 2.33. The van der Waals surface area contributed by atoms with Crippen molar-refractivity contribution in [2.45, 2.75) is 33.2 Å². The molecule has 5 nitrogen and oxygen atoms in total. The highest BCUT2D eigenvalue weighted by molar-refractivity contribution is 5.50. The summed E-state index contributed by atoms with van der Waals surface area (Å²) in [7, 11) is 1.90. The Morgan fingerprint density at radius 1 is 1.47 bits per heavy atom. The molecule has 0 spiro atoms. The standard InChI is InChI=1S/C14H19N3O2/c1-14(2,3)13(16-4)8-10-5-6-12(17(18)19)11(7-10)9-15/h5-7,13,16H,8H2,1-4H3. The van der Waals surface area contributed by atoms with Gasteiger partial charge in [-0.2, -0.15) is 5.26 Å². The summed E-state index contributed by atoms with van der Waals surface area (Å²) in [4.78, 5) is 10.2. The maximum atomic E-state index is 10.8. The van der Waals surface area contributed by atoms with Crippen molar-refractivity contribution in [1.82, 2.24) is 5.32 Å². The van der Waals surface area contributed by atoms with Crippen molar-refractivity contribution >= 4 is 5.69 Å². The Labute approximate surface area is 113 Å². The molecule has 1 atom stereocenters. The second-order valence-corrected chi connectivity index (χ2v) is 5.63. The van der Waals surface area contributed by atoms with Crippen molar-refractivity contribution in [3.8, 4) is 6.07 Å². The van der Waals surface area contributed by atoms with Crippen LogP contribution in [0.4, 0.5) is 5.69 Å². The molecule has 1 aromatic carbocycles. The first kappa shape index (κ1) is 15.1. The fourth-order valence-corrected chi connectivity index (χ4v) is 2.04. The van der Waals surface area contributed by atoms with Gasteiger partial charge in [-0.1, -0.05) is 26.8 Å². The summed E-state index contributed by atoms with van der Waals surface area (Å²) in [5.41, 5.74) is 0.981. The maximum Gasteiger partial charge on any atom is 0.287 e. The zero-order valence-corrected chi connectivity index (χ0v) is 11.7. The third kappa shape index (κ3) is 3.76. The first-order chi connectivity index (χ1) is 8.79. The Balaban J connectivity index is 3.04. The normalized spacial score (nSPS) is 12.8. The van der Waals surface area contributed by atoms with Crippen molar-refractivity contribution in [3.63, 3.8) is 0 Å². The summed E-state index contributed by atoms with van der Waals surface area (Å²) in [6.07, 6.45) is 0.729. The number of hydrogen-bond acceptors (Lipinski definition) is 4. The largest absolute Gasteiger partial charge is 0.316 e. The molecule has 0 aliphatic carbocycles. The zero-order valence-electron chi connectivity index (χ0n) is 11.7. The lowest BCUT2D eigenvalue weighted by atomic mass is 9.83. The highest BCUT2D eigenvalue weighted by Crippen LogP contribution is 2.25. The molecule has 0 saturated heterocycles. The van der Waals surface area contributed by atoms with Crippen molar-refractivity contribution in [2.75, 3.05) is 7.05 Å². The van der Waals surface area contributed by atoms with E-state index in [0.29, 0.717) is 0 Å². The Morgan fingerprint density at radius 2 is 2.11 bits per heavy atom. The minimum absolute atomic E-state index is 0.0727. The monoisotopic (exact) mass is 261 g/mol. The first-order valence-corrected chi connectivity index (χ1v) is 6.14. The molecule has 1 rings (SSSR count). The number of benzene rings is 1. The minimum atomic E-state index is -0.526. The van der Waals surface area contributed by atoms with Gasteiger partial charge in [0.15, 0.2) is 0 Å². The SMILES string of the molecule is CNC(Cc1ccc([N+](=O)[O-])c(C#N)c1)C(C)(C)C. The van der Waals surface area contributed by atoms with Crippen LogP contribution in [0.25, 0.3) is 0 Å². The molecule has 0 aromatic heterocycles. The van der Waals surface area contributed by atoms with E-state index in [4.69, 9.17) is 5.26 Å². The van der Waals surface area contributed by atoms with Gasteiger partial charge >= 0.3 is 0 Å². The van der Waals surface area contributed by atoms with E-state index in [0.717, 1.165) is 12.0 Å². The van der Waals surface area contributed by atoms with Gasteiger partial charge in [0.05, 0.1) is 4.92 Å². The van der Waals surface area contributed by atoms with Crippen LogP contribution >= 0.6 is 0 Å². The van der Waals surface area contributed by atoms with E-state index in [1.807, 2.05) is 13.1 Å². The molecule has 102 valence electrons. The van der Waals surface area contributed by atoms with Gasteiger partial charge in [-0.25, -0.2) is 0 Å². The van der Waals surface area contributed by atoms with Crippen molar-refractivity contribution < 1.29 is 4.92 Å². The quantitative estimate of drug-likeness (QED) is 0.667.